The molecule has 0 saturated heterocycles. The minimum Gasteiger partial charge on any atom is -0.392 e. The molecule has 0 bridgehead atoms. The number of carbonyl (C=O) groups is 2. The van der Waals surface area contributed by atoms with Crippen LogP contribution in [0.5, 0.6) is 0 Å². The summed E-state index contributed by atoms with van der Waals surface area (Å²) in [7, 11) is 0. The van der Waals surface area contributed by atoms with E-state index in [2.05, 4.69) is 91.8 Å². The van der Waals surface area contributed by atoms with Crippen molar-refractivity contribution in [3.05, 3.63) is 85.5 Å². The van der Waals surface area contributed by atoms with Gasteiger partial charge in [-0.25, -0.2) is 9.97 Å². The summed E-state index contributed by atoms with van der Waals surface area (Å²) in [5.74, 6) is -0.981. The molecule has 8 rings (SSSR count). The highest BCUT2D eigenvalue weighted by molar-refractivity contribution is 9.10. The zero-order chi connectivity index (χ0) is 41.0. The summed E-state index contributed by atoms with van der Waals surface area (Å²) in [6, 6.07) is 11.4. The molecule has 2 unspecified atom stereocenters. The molecule has 2 aliphatic heterocycles. The molecule has 19 heteroatoms. The van der Waals surface area contributed by atoms with Crippen LogP contribution in [0.4, 0.5) is 17.3 Å². The number of halogens is 3. The topological polar surface area (TPSA) is 224 Å². The molecule has 2 amide bonds. The van der Waals surface area contributed by atoms with Crippen LogP contribution < -0.4 is 21.7 Å². The molecule has 0 fully saturated rings. The highest BCUT2D eigenvalue weighted by Gasteiger charge is 2.37. The molecular weight excluding hydrogens is 884 g/mol. The Bertz CT molecular complexity index is 2420. The highest BCUT2D eigenvalue weighted by atomic mass is 79.9. The van der Waals surface area contributed by atoms with Crippen LogP contribution >= 0.6 is 43.5 Å². The molecule has 2 aliphatic rings. The molecule has 7 N–H and O–H groups in total. The van der Waals surface area contributed by atoms with Crippen molar-refractivity contribution in [1.82, 2.24) is 39.5 Å². The van der Waals surface area contributed by atoms with Crippen molar-refractivity contribution in [2.24, 2.45) is 5.73 Å². The van der Waals surface area contributed by atoms with Crippen molar-refractivity contribution in [3.8, 4) is 0 Å². The third kappa shape index (κ3) is 9.59. The normalized spacial score (nSPS) is 16.5. The zero-order valence-electron chi connectivity index (χ0n) is 31.7. The van der Waals surface area contributed by atoms with E-state index in [0.717, 1.165) is 68.2 Å². The van der Waals surface area contributed by atoms with E-state index >= 15 is 0 Å². The number of anilines is 3. The Morgan fingerprint density at radius 2 is 1.26 bits per heavy atom. The number of benzene rings is 2. The Balaban J connectivity index is 0.000000174. The molecule has 0 saturated carbocycles. The van der Waals surface area contributed by atoms with E-state index in [0.29, 0.717) is 41.7 Å². The van der Waals surface area contributed by atoms with E-state index in [9.17, 15) is 14.7 Å². The highest BCUT2D eigenvalue weighted by Crippen LogP contribution is 2.41. The minimum atomic E-state index is -0.552. The Labute approximate surface area is 350 Å². The number of nitrogens with two attached hydrogens (primary N) is 1. The van der Waals surface area contributed by atoms with Gasteiger partial charge in [0, 0.05) is 58.9 Å². The second-order valence-electron chi connectivity index (χ2n) is 13.7. The standard InChI is InChI=1S/C19H21BrN6O2.C16H13BrClN5O.C3H9NO/c1-3-6-26-9-13-16(23-19(21-8-10(2)27)24-17(13)25-26)15-12-7-11(20)4-5-14(12)22-18(15)28;1-2-5-23-7-10-13(20-16(18)21-14(10)22-23)12-9-6-8(17)3-4-11(9)19-15(12)24;1-3(5)2-4/h4-5,7,9-10,15,27H,3,6,8H2,1-2H3,(H,22,28)(H,21,24,25);3-4,6-7,12H,2,5H2,1H3,(H,19,24);3,5H,2,4H2,1H3/t10-,15?;;3-/m1.1/s1. The maximum atomic E-state index is 12.8. The van der Waals surface area contributed by atoms with E-state index in [1.165, 1.54) is 0 Å². The van der Waals surface area contributed by atoms with Crippen LogP contribution in [0.1, 0.15) is 74.9 Å². The van der Waals surface area contributed by atoms with Gasteiger partial charge in [0.1, 0.15) is 11.8 Å². The number of aliphatic hydroxyl groups is 2. The van der Waals surface area contributed by atoms with Crippen LogP contribution in [0.15, 0.2) is 57.7 Å². The Morgan fingerprint density at radius 1 is 0.789 bits per heavy atom. The summed E-state index contributed by atoms with van der Waals surface area (Å²) in [5, 5.41) is 37.2. The van der Waals surface area contributed by atoms with E-state index in [-0.39, 0.29) is 23.2 Å². The number of carbonyl (C=O) groups excluding carboxylic acids is 2. The van der Waals surface area contributed by atoms with E-state index < -0.39 is 17.9 Å². The predicted octanol–water partition coefficient (Wildman–Crippen LogP) is 5.94. The smallest absolute Gasteiger partial charge is 0.238 e. The Kier molecular flexibility index (Phi) is 13.5. The van der Waals surface area contributed by atoms with Crippen molar-refractivity contribution in [2.75, 3.05) is 29.0 Å². The van der Waals surface area contributed by atoms with Crippen molar-refractivity contribution >= 4 is 94.7 Å². The molecule has 6 aromatic rings. The van der Waals surface area contributed by atoms with Gasteiger partial charge in [0.15, 0.2) is 11.3 Å². The average molecular weight is 927 g/mol. The molecular formula is C38H43Br2ClN12O4. The van der Waals surface area contributed by atoms with Gasteiger partial charge in [0.05, 0.1) is 34.4 Å². The first kappa shape index (κ1) is 42.0. The molecule has 2 aromatic carbocycles. The fraction of sp³-hybridized carbons (Fsp3) is 0.368. The fourth-order valence-electron chi connectivity index (χ4n) is 6.37. The average Bonchev–Trinajstić information content (AvgIpc) is 3.92. The largest absolute Gasteiger partial charge is 0.392 e. The first-order valence-corrected chi connectivity index (χ1v) is 20.4. The van der Waals surface area contributed by atoms with Gasteiger partial charge in [-0.1, -0.05) is 45.7 Å². The summed E-state index contributed by atoms with van der Waals surface area (Å²) in [6.45, 7) is 9.68. The first-order valence-electron chi connectivity index (χ1n) is 18.5. The number of aryl methyl sites for hydroxylation is 2. The van der Waals surface area contributed by atoms with Gasteiger partial charge in [-0.3, -0.25) is 19.0 Å². The summed E-state index contributed by atoms with van der Waals surface area (Å²) in [4.78, 5) is 43.1. The summed E-state index contributed by atoms with van der Waals surface area (Å²) < 4.78 is 5.44. The van der Waals surface area contributed by atoms with Gasteiger partial charge in [0.25, 0.3) is 0 Å². The van der Waals surface area contributed by atoms with Gasteiger partial charge in [-0.2, -0.15) is 20.2 Å². The predicted molar refractivity (Wildman–Crippen MR) is 226 cm³/mol. The van der Waals surface area contributed by atoms with Gasteiger partial charge < -0.3 is 31.9 Å². The summed E-state index contributed by atoms with van der Waals surface area (Å²) >= 11 is 13.0. The molecule has 0 radical (unpaired) electrons. The molecule has 0 aliphatic carbocycles. The van der Waals surface area contributed by atoms with Crippen LogP contribution in [0.2, 0.25) is 5.28 Å². The fourth-order valence-corrected chi connectivity index (χ4v) is 7.30. The van der Waals surface area contributed by atoms with E-state index in [1.807, 2.05) is 58.2 Å². The van der Waals surface area contributed by atoms with Crippen LogP contribution in [0.3, 0.4) is 0 Å². The van der Waals surface area contributed by atoms with Crippen LogP contribution in [0, 0.1) is 0 Å². The number of amides is 2. The lowest BCUT2D eigenvalue weighted by atomic mass is 9.95. The van der Waals surface area contributed by atoms with Gasteiger partial charge in [-0.15, -0.1) is 0 Å². The monoisotopic (exact) mass is 924 g/mol. The Morgan fingerprint density at radius 3 is 1.72 bits per heavy atom. The number of nitrogens with zero attached hydrogens (tertiary/aromatic N) is 8. The zero-order valence-corrected chi connectivity index (χ0v) is 35.6. The van der Waals surface area contributed by atoms with Crippen LogP contribution in [0.25, 0.3) is 22.1 Å². The van der Waals surface area contributed by atoms with Crippen molar-refractivity contribution in [1.29, 1.82) is 0 Å². The van der Waals surface area contributed by atoms with Crippen molar-refractivity contribution in [2.45, 2.75) is 77.7 Å². The number of fused-ring (bicyclic) bond motifs is 4. The molecule has 4 aromatic heterocycles. The lowest BCUT2D eigenvalue weighted by Crippen LogP contribution is -2.19. The summed E-state index contributed by atoms with van der Waals surface area (Å²) in [6.07, 6.45) is 4.78. The molecule has 4 atom stereocenters. The number of nitrogens with one attached hydrogen (secondary N) is 3. The summed E-state index contributed by atoms with van der Waals surface area (Å²) in [5.41, 5.74) is 10.5. The Hall–Kier alpha value is -4.59. The molecule has 6 heterocycles. The third-order valence-electron chi connectivity index (χ3n) is 8.92. The molecule has 16 nitrogen and oxygen atoms in total. The van der Waals surface area contributed by atoms with Gasteiger partial charge in [-0.05, 0) is 85.8 Å². The van der Waals surface area contributed by atoms with Gasteiger partial charge >= 0.3 is 0 Å². The lowest BCUT2D eigenvalue weighted by molar-refractivity contribution is -0.117. The molecule has 300 valence electrons. The maximum absolute atomic E-state index is 12.8. The lowest BCUT2D eigenvalue weighted by Gasteiger charge is -2.12. The number of hydrogen-bond acceptors (Lipinski definition) is 12. The SMILES string of the molecule is CCCn1cc2c(C3C(=O)Nc4ccc(Br)cc43)nc(Cl)nc2n1.CCCn1cc2c(C3C(=O)Nc4ccc(Br)cc43)nc(NC[C@@H](C)O)nc2n1.C[C@@H](O)CN. The molecule has 0 spiro atoms. The third-order valence-corrected chi connectivity index (χ3v) is 10.1. The minimum absolute atomic E-state index is 0.0931. The van der Waals surface area contributed by atoms with Gasteiger partial charge in [0.2, 0.25) is 23.0 Å². The number of hydrogen-bond donors (Lipinski definition) is 6. The number of aromatic nitrogens is 8. The second-order valence-corrected chi connectivity index (χ2v) is 15.9. The maximum Gasteiger partial charge on any atom is 0.238 e. The number of aliphatic hydroxyl groups excluding tert-OH is 2. The second kappa shape index (κ2) is 18.3. The van der Waals surface area contributed by atoms with Crippen molar-refractivity contribution < 1.29 is 19.8 Å². The number of rotatable bonds is 10. The van der Waals surface area contributed by atoms with Crippen molar-refractivity contribution in [3.63, 3.8) is 0 Å². The van der Waals surface area contributed by atoms with Crippen LogP contribution in [-0.2, 0) is 22.7 Å². The van der Waals surface area contributed by atoms with Crippen LogP contribution in [-0.4, -0.2) is 86.8 Å². The van der Waals surface area contributed by atoms with E-state index in [1.54, 1.807) is 13.8 Å². The van der Waals surface area contributed by atoms with E-state index in [4.69, 9.17) is 22.4 Å². The quantitative estimate of drug-likeness (QED) is 0.0879. The first-order chi connectivity index (χ1) is 27.3. The molecule has 57 heavy (non-hydrogen) atoms.